The lowest BCUT2D eigenvalue weighted by atomic mass is 10.2. The molecule has 1 aliphatic rings. The van der Waals surface area contributed by atoms with Crippen molar-refractivity contribution in [1.82, 2.24) is 10.3 Å². The second kappa shape index (κ2) is 12.2. The van der Waals surface area contributed by atoms with Crippen LogP contribution >= 0.6 is 51.1 Å². The van der Waals surface area contributed by atoms with E-state index in [1.54, 1.807) is 30.5 Å². The van der Waals surface area contributed by atoms with Gasteiger partial charge in [-0.15, -0.1) is 0 Å². The Morgan fingerprint density at radius 1 is 1.00 bits per heavy atom. The average Bonchev–Trinajstić information content (AvgIpc) is 3.33. The van der Waals surface area contributed by atoms with E-state index in [1.165, 1.54) is 32.0 Å². The predicted molar refractivity (Wildman–Crippen MR) is 136 cm³/mol. The molecule has 1 aliphatic heterocycles. The molecule has 2 aromatic carbocycles. The highest BCUT2D eigenvalue weighted by Gasteiger charge is 2.33. The molecular weight excluding hydrogens is 576 g/mol. The number of aromatic nitrogens is 1. The van der Waals surface area contributed by atoms with Crippen molar-refractivity contribution in [3.63, 3.8) is 0 Å². The van der Waals surface area contributed by atoms with Gasteiger partial charge in [-0.05, 0) is 90.2 Å². The lowest BCUT2D eigenvalue weighted by Crippen LogP contribution is -2.05. The van der Waals surface area contributed by atoms with Gasteiger partial charge in [-0.2, -0.15) is 13.2 Å². The molecule has 0 bridgehead atoms. The Hall–Kier alpha value is -1.85. The molecule has 0 atom stereocenters. The van der Waals surface area contributed by atoms with Gasteiger partial charge in [-0.25, -0.2) is 4.98 Å². The SMILES string of the molecule is C1CCNC1.Oc1cc(NSc2cnc(Nc3cc(Cl)cc(Cl)c3)c(Br)c2)ccc1C(F)(F)F. The molecule has 2 heterocycles. The Kier molecular flexibility index (Phi) is 9.61. The van der Waals surface area contributed by atoms with Gasteiger partial charge in [0.05, 0.1) is 10.0 Å². The number of rotatable bonds is 5. The third-order valence-electron chi connectivity index (χ3n) is 4.49. The Labute approximate surface area is 217 Å². The van der Waals surface area contributed by atoms with Crippen LogP contribution < -0.4 is 15.4 Å². The highest BCUT2D eigenvalue weighted by molar-refractivity contribution is 9.10. The van der Waals surface area contributed by atoms with Gasteiger partial charge >= 0.3 is 6.18 Å². The van der Waals surface area contributed by atoms with Gasteiger partial charge < -0.3 is 20.5 Å². The van der Waals surface area contributed by atoms with Crippen molar-refractivity contribution in [2.75, 3.05) is 23.1 Å². The summed E-state index contributed by atoms with van der Waals surface area (Å²) in [7, 11) is 0. The van der Waals surface area contributed by atoms with Gasteiger partial charge in [0.25, 0.3) is 0 Å². The molecule has 0 amide bonds. The molecule has 1 aromatic heterocycles. The first-order valence-electron chi connectivity index (χ1n) is 10.0. The first kappa shape index (κ1) is 26.7. The van der Waals surface area contributed by atoms with Gasteiger partial charge in [0.15, 0.2) is 0 Å². The zero-order chi connectivity index (χ0) is 24.7. The molecule has 0 saturated carbocycles. The van der Waals surface area contributed by atoms with Crippen LogP contribution in [0.3, 0.4) is 0 Å². The third-order valence-corrected chi connectivity index (χ3v) is 6.33. The van der Waals surface area contributed by atoms with Gasteiger partial charge in [0.1, 0.15) is 11.6 Å². The number of anilines is 3. The van der Waals surface area contributed by atoms with E-state index >= 15 is 0 Å². The minimum absolute atomic E-state index is 0.312. The summed E-state index contributed by atoms with van der Waals surface area (Å²) in [6.07, 6.45) is -0.262. The van der Waals surface area contributed by atoms with E-state index in [1.807, 2.05) is 0 Å². The van der Waals surface area contributed by atoms with Gasteiger partial charge in [0, 0.05) is 38.6 Å². The molecule has 5 nitrogen and oxygen atoms in total. The van der Waals surface area contributed by atoms with Gasteiger partial charge in [0.2, 0.25) is 0 Å². The normalized spacial score (nSPS) is 13.2. The van der Waals surface area contributed by atoms with Crippen molar-refractivity contribution in [1.29, 1.82) is 0 Å². The van der Waals surface area contributed by atoms with E-state index in [9.17, 15) is 18.3 Å². The van der Waals surface area contributed by atoms with E-state index < -0.39 is 17.5 Å². The number of phenolic OH excluding ortho intramolecular Hbond substituents is 1. The molecule has 4 rings (SSSR count). The minimum atomic E-state index is -4.61. The predicted octanol–water partition coefficient (Wildman–Crippen LogP) is 8.11. The Morgan fingerprint density at radius 2 is 1.68 bits per heavy atom. The summed E-state index contributed by atoms with van der Waals surface area (Å²) in [5.41, 5.74) is -0.115. The maximum atomic E-state index is 12.7. The number of pyridine rings is 1. The smallest absolute Gasteiger partial charge is 0.419 e. The molecule has 0 radical (unpaired) electrons. The summed E-state index contributed by atoms with van der Waals surface area (Å²) in [6, 6.07) is 9.83. The maximum absolute atomic E-state index is 12.7. The molecule has 4 N–H and O–H groups in total. The quantitative estimate of drug-likeness (QED) is 0.223. The number of nitrogens with zero attached hydrogens (tertiary/aromatic N) is 1. The van der Waals surface area contributed by atoms with Crippen LogP contribution in [0.1, 0.15) is 18.4 Å². The fraction of sp³-hybridized carbons (Fsp3) is 0.227. The summed E-state index contributed by atoms with van der Waals surface area (Å²) in [5, 5.41) is 16.8. The zero-order valence-corrected chi connectivity index (χ0v) is 21.4. The van der Waals surface area contributed by atoms with Crippen molar-refractivity contribution >= 4 is 68.3 Å². The van der Waals surface area contributed by atoms with E-state index in [2.05, 4.69) is 36.3 Å². The lowest BCUT2D eigenvalue weighted by molar-refractivity contribution is -0.138. The van der Waals surface area contributed by atoms with Gasteiger partial charge in [-0.3, -0.25) is 0 Å². The highest BCUT2D eigenvalue weighted by Crippen LogP contribution is 2.38. The van der Waals surface area contributed by atoms with E-state index in [0.29, 0.717) is 36.6 Å². The van der Waals surface area contributed by atoms with Crippen molar-refractivity contribution in [3.8, 4) is 5.75 Å². The summed E-state index contributed by atoms with van der Waals surface area (Å²) in [4.78, 5) is 4.99. The fourth-order valence-corrected chi connectivity index (χ4v) is 4.68. The lowest BCUT2D eigenvalue weighted by Gasteiger charge is -2.12. The Morgan fingerprint density at radius 3 is 2.21 bits per heavy atom. The van der Waals surface area contributed by atoms with Crippen molar-refractivity contribution < 1.29 is 18.3 Å². The van der Waals surface area contributed by atoms with Crippen molar-refractivity contribution in [2.24, 2.45) is 0 Å². The molecule has 182 valence electrons. The van der Waals surface area contributed by atoms with Crippen LogP contribution in [0.4, 0.5) is 30.4 Å². The van der Waals surface area contributed by atoms with Crippen LogP contribution in [0.15, 0.2) is 58.0 Å². The van der Waals surface area contributed by atoms with Crippen LogP contribution in [0.2, 0.25) is 10.0 Å². The maximum Gasteiger partial charge on any atom is 0.419 e. The number of aromatic hydroxyl groups is 1. The molecular formula is C22H20BrCl2F3N4OS. The average molecular weight is 596 g/mol. The van der Waals surface area contributed by atoms with Crippen LogP contribution in [0, 0.1) is 0 Å². The monoisotopic (exact) mass is 594 g/mol. The topological polar surface area (TPSA) is 69.2 Å². The Balaban J connectivity index is 0.000000574. The fourth-order valence-electron chi connectivity index (χ4n) is 2.91. The van der Waals surface area contributed by atoms with Crippen LogP contribution in [0.25, 0.3) is 0 Å². The largest absolute Gasteiger partial charge is 0.507 e. The van der Waals surface area contributed by atoms with E-state index in [-0.39, 0.29) is 0 Å². The summed E-state index contributed by atoms with van der Waals surface area (Å²) in [6.45, 7) is 2.50. The summed E-state index contributed by atoms with van der Waals surface area (Å²) in [5.74, 6) is -0.318. The number of hydrogen-bond acceptors (Lipinski definition) is 6. The number of alkyl halides is 3. The van der Waals surface area contributed by atoms with E-state index in [4.69, 9.17) is 23.2 Å². The molecule has 1 saturated heterocycles. The molecule has 3 aromatic rings. The standard InChI is InChI=1S/C18H11BrCl2F3N3OS.C4H9N/c19-15-7-13(8-25-17(15)26-12-4-9(20)3-10(21)5-12)29-27-11-1-2-14(16(28)6-11)18(22,23)24;1-2-4-5-3-1/h1-8,27-28H,(H,25,26);5H,1-4H2. The van der Waals surface area contributed by atoms with Crippen molar-refractivity contribution in [3.05, 3.63) is 68.7 Å². The molecule has 0 aliphatic carbocycles. The van der Waals surface area contributed by atoms with Crippen LogP contribution in [-0.2, 0) is 6.18 Å². The molecule has 0 spiro atoms. The number of hydrogen-bond donors (Lipinski definition) is 4. The number of benzene rings is 2. The second-order valence-corrected chi connectivity index (χ2v) is 9.78. The van der Waals surface area contributed by atoms with Crippen molar-refractivity contribution in [2.45, 2.75) is 23.9 Å². The molecule has 0 unspecified atom stereocenters. The second-order valence-electron chi connectivity index (χ2n) is 7.18. The molecule has 1 fully saturated rings. The zero-order valence-electron chi connectivity index (χ0n) is 17.5. The van der Waals surface area contributed by atoms with Crippen LogP contribution in [-0.4, -0.2) is 23.2 Å². The molecule has 34 heavy (non-hydrogen) atoms. The minimum Gasteiger partial charge on any atom is -0.507 e. The third kappa shape index (κ3) is 8.13. The Bertz CT molecular complexity index is 1110. The number of nitrogens with one attached hydrogen (secondary N) is 3. The van der Waals surface area contributed by atoms with Gasteiger partial charge in [-0.1, -0.05) is 23.2 Å². The number of halogens is 6. The summed E-state index contributed by atoms with van der Waals surface area (Å²) < 4.78 is 41.6. The highest BCUT2D eigenvalue weighted by atomic mass is 79.9. The molecule has 12 heteroatoms. The van der Waals surface area contributed by atoms with E-state index in [0.717, 1.165) is 24.1 Å². The van der Waals surface area contributed by atoms with Crippen LogP contribution in [0.5, 0.6) is 5.75 Å². The summed E-state index contributed by atoms with van der Waals surface area (Å²) >= 11 is 16.5. The first-order chi connectivity index (χ1) is 16.1. The number of phenols is 1. The first-order valence-corrected chi connectivity index (χ1v) is 12.4.